The van der Waals surface area contributed by atoms with Crippen LogP contribution in [0.2, 0.25) is 0 Å². The van der Waals surface area contributed by atoms with Gasteiger partial charge in [0.15, 0.2) is 0 Å². The standard InChI is InChI=1S/C55H33N5/c56-34-35-24-28-48-44(32-35)52-50(57(48)36-14-4-1-5-15-36)30-27-43-41-21-11-13-23-47(41)60(55(43)52)39-25-29-49-45(33-39)53-51(58(49)37-16-6-2-7-17-37)31-26-42-40-20-10-12-22-46(40)59(54(42)53)38-18-8-3-9-19-38/h1-33H. The number of para-hydroxylation sites is 5. The van der Waals surface area contributed by atoms with Crippen LogP contribution in [-0.2, 0) is 0 Å². The molecule has 0 aliphatic carbocycles. The van der Waals surface area contributed by atoms with Crippen LogP contribution in [0.15, 0.2) is 200 Å². The highest BCUT2D eigenvalue weighted by atomic mass is 15.0. The second-order valence-corrected chi connectivity index (χ2v) is 15.6. The van der Waals surface area contributed by atoms with Gasteiger partial charge in [-0.05, 0) is 97.1 Å². The number of hydrogen-bond donors (Lipinski definition) is 0. The number of hydrogen-bond acceptors (Lipinski definition) is 1. The van der Waals surface area contributed by atoms with E-state index < -0.39 is 0 Å². The molecule has 13 aromatic rings. The molecule has 5 nitrogen and oxygen atoms in total. The topological polar surface area (TPSA) is 43.5 Å². The fourth-order valence-corrected chi connectivity index (χ4v) is 10.1. The highest BCUT2D eigenvalue weighted by molar-refractivity contribution is 6.28. The number of aromatic nitrogens is 4. The summed E-state index contributed by atoms with van der Waals surface area (Å²) in [4.78, 5) is 0. The summed E-state index contributed by atoms with van der Waals surface area (Å²) >= 11 is 0. The number of rotatable bonds is 4. The number of benzene rings is 9. The first-order chi connectivity index (χ1) is 29.8. The Morgan fingerprint density at radius 2 is 0.683 bits per heavy atom. The molecule has 13 rings (SSSR count). The highest BCUT2D eigenvalue weighted by Gasteiger charge is 2.24. The lowest BCUT2D eigenvalue weighted by atomic mass is 10.1. The van der Waals surface area contributed by atoms with Gasteiger partial charge in [0.05, 0.1) is 55.8 Å². The van der Waals surface area contributed by atoms with Crippen molar-refractivity contribution in [2.75, 3.05) is 0 Å². The molecule has 0 aliphatic rings. The number of fused-ring (bicyclic) bond motifs is 14. The Morgan fingerprint density at radius 3 is 1.20 bits per heavy atom. The van der Waals surface area contributed by atoms with Gasteiger partial charge in [0.1, 0.15) is 0 Å². The van der Waals surface area contributed by atoms with Gasteiger partial charge in [-0.1, -0.05) is 103 Å². The summed E-state index contributed by atoms with van der Waals surface area (Å²) in [7, 11) is 0. The molecule has 0 saturated carbocycles. The van der Waals surface area contributed by atoms with Gasteiger partial charge in [-0.2, -0.15) is 5.26 Å². The smallest absolute Gasteiger partial charge is 0.0991 e. The Hall–Kier alpha value is -8.33. The van der Waals surface area contributed by atoms with Crippen molar-refractivity contribution in [1.29, 1.82) is 5.26 Å². The molecule has 0 bridgehead atoms. The first kappa shape index (κ1) is 32.7. The molecule has 0 radical (unpaired) electrons. The van der Waals surface area contributed by atoms with Crippen LogP contribution in [0.25, 0.3) is 110 Å². The fourth-order valence-electron chi connectivity index (χ4n) is 10.1. The van der Waals surface area contributed by atoms with Gasteiger partial charge in [0, 0.05) is 65.8 Å². The van der Waals surface area contributed by atoms with Gasteiger partial charge in [-0.25, -0.2) is 0 Å². The molecule has 0 saturated heterocycles. The Balaban J connectivity index is 1.22. The lowest BCUT2D eigenvalue weighted by Crippen LogP contribution is -1.96. The van der Waals surface area contributed by atoms with Crippen molar-refractivity contribution in [1.82, 2.24) is 18.3 Å². The largest absolute Gasteiger partial charge is 0.309 e. The van der Waals surface area contributed by atoms with Gasteiger partial charge >= 0.3 is 0 Å². The van der Waals surface area contributed by atoms with Gasteiger partial charge < -0.3 is 18.3 Å². The van der Waals surface area contributed by atoms with E-state index in [4.69, 9.17) is 0 Å². The quantitative estimate of drug-likeness (QED) is 0.176. The van der Waals surface area contributed by atoms with Crippen LogP contribution in [0, 0.1) is 11.3 Å². The van der Waals surface area contributed by atoms with Gasteiger partial charge in [0.25, 0.3) is 0 Å². The SMILES string of the molecule is N#Cc1ccc2c(c1)c1c(ccc3c4ccccc4n(-c4ccc5c(c4)c4c(ccc6c7ccccc7n(-c7ccccc7)c64)n5-c4ccccc4)c31)n2-c1ccccc1. The molecule has 0 atom stereocenters. The molecule has 4 heterocycles. The van der Waals surface area contributed by atoms with E-state index >= 15 is 0 Å². The van der Waals surface area contributed by atoms with E-state index in [1.807, 2.05) is 6.07 Å². The van der Waals surface area contributed by atoms with Crippen molar-refractivity contribution in [2.24, 2.45) is 0 Å². The molecule has 0 spiro atoms. The zero-order valence-corrected chi connectivity index (χ0v) is 32.3. The van der Waals surface area contributed by atoms with Gasteiger partial charge in [-0.15, -0.1) is 0 Å². The third-order valence-electron chi connectivity index (χ3n) is 12.5. The minimum absolute atomic E-state index is 0.641. The lowest BCUT2D eigenvalue weighted by molar-refractivity contribution is 1.16. The molecule has 9 aromatic carbocycles. The van der Waals surface area contributed by atoms with Crippen molar-refractivity contribution in [3.8, 4) is 28.8 Å². The Labute approximate surface area is 344 Å². The van der Waals surface area contributed by atoms with Gasteiger partial charge in [0.2, 0.25) is 0 Å². The van der Waals surface area contributed by atoms with Crippen LogP contribution in [0.3, 0.4) is 0 Å². The van der Waals surface area contributed by atoms with E-state index in [0.717, 1.165) is 66.6 Å². The zero-order chi connectivity index (χ0) is 39.5. The summed E-state index contributed by atoms with van der Waals surface area (Å²) in [5.41, 5.74) is 14.1. The van der Waals surface area contributed by atoms with Crippen LogP contribution in [-0.4, -0.2) is 18.3 Å². The first-order valence-corrected chi connectivity index (χ1v) is 20.3. The molecule has 0 amide bonds. The van der Waals surface area contributed by atoms with Crippen LogP contribution < -0.4 is 0 Å². The van der Waals surface area contributed by atoms with E-state index in [1.54, 1.807) is 0 Å². The fraction of sp³-hybridized carbons (Fsp3) is 0. The van der Waals surface area contributed by atoms with Crippen molar-refractivity contribution in [3.63, 3.8) is 0 Å². The van der Waals surface area contributed by atoms with Crippen LogP contribution in [0.5, 0.6) is 0 Å². The molecule has 60 heavy (non-hydrogen) atoms. The maximum Gasteiger partial charge on any atom is 0.0991 e. The Morgan fingerprint density at radius 1 is 0.283 bits per heavy atom. The highest BCUT2D eigenvalue weighted by Crippen LogP contribution is 2.45. The van der Waals surface area contributed by atoms with E-state index in [-0.39, 0.29) is 0 Å². The van der Waals surface area contributed by atoms with Crippen molar-refractivity contribution in [3.05, 3.63) is 206 Å². The monoisotopic (exact) mass is 763 g/mol. The molecule has 278 valence electrons. The predicted octanol–water partition coefficient (Wildman–Crippen LogP) is 13.9. The average Bonchev–Trinajstić information content (AvgIpc) is 4.04. The predicted molar refractivity (Wildman–Crippen MR) is 249 cm³/mol. The normalized spacial score (nSPS) is 12.0. The second kappa shape index (κ2) is 12.3. The summed E-state index contributed by atoms with van der Waals surface area (Å²) in [6.07, 6.45) is 0. The molecular weight excluding hydrogens is 731 g/mol. The summed E-state index contributed by atoms with van der Waals surface area (Å²) in [5, 5.41) is 19.5. The van der Waals surface area contributed by atoms with E-state index in [1.165, 1.54) is 43.4 Å². The van der Waals surface area contributed by atoms with Crippen molar-refractivity contribution < 1.29 is 0 Å². The van der Waals surface area contributed by atoms with Crippen molar-refractivity contribution >= 4 is 87.2 Å². The van der Waals surface area contributed by atoms with Crippen LogP contribution in [0.4, 0.5) is 0 Å². The summed E-state index contributed by atoms with van der Waals surface area (Å²) in [6, 6.07) is 74.2. The van der Waals surface area contributed by atoms with Gasteiger partial charge in [-0.3, -0.25) is 0 Å². The van der Waals surface area contributed by atoms with Crippen LogP contribution in [0.1, 0.15) is 5.56 Å². The summed E-state index contributed by atoms with van der Waals surface area (Å²) in [5.74, 6) is 0. The maximum absolute atomic E-state index is 10.2. The zero-order valence-electron chi connectivity index (χ0n) is 32.3. The molecule has 0 N–H and O–H groups in total. The molecule has 4 aromatic heterocycles. The van der Waals surface area contributed by atoms with Crippen molar-refractivity contribution in [2.45, 2.75) is 0 Å². The van der Waals surface area contributed by atoms with E-state index in [2.05, 4.69) is 218 Å². The summed E-state index contributed by atoms with van der Waals surface area (Å²) < 4.78 is 9.66. The Kier molecular flexibility index (Phi) is 6.73. The number of nitriles is 1. The summed E-state index contributed by atoms with van der Waals surface area (Å²) in [6.45, 7) is 0. The number of nitrogens with zero attached hydrogens (tertiary/aromatic N) is 5. The molecule has 0 unspecified atom stereocenters. The van der Waals surface area contributed by atoms with E-state index in [0.29, 0.717) is 5.56 Å². The average molecular weight is 764 g/mol. The molecule has 5 heteroatoms. The third kappa shape index (κ3) is 4.39. The molecule has 0 aliphatic heterocycles. The lowest BCUT2D eigenvalue weighted by Gasteiger charge is -2.11. The minimum Gasteiger partial charge on any atom is -0.309 e. The first-order valence-electron chi connectivity index (χ1n) is 20.3. The van der Waals surface area contributed by atoms with E-state index in [9.17, 15) is 5.26 Å². The van der Waals surface area contributed by atoms with Crippen LogP contribution >= 0.6 is 0 Å². The molecular formula is C55H33N5. The molecule has 0 fully saturated rings. The maximum atomic E-state index is 10.2. The Bertz CT molecular complexity index is 3930. The third-order valence-corrected chi connectivity index (χ3v) is 12.5. The second-order valence-electron chi connectivity index (χ2n) is 15.6. The minimum atomic E-state index is 0.641.